The van der Waals surface area contributed by atoms with Crippen LogP contribution >= 0.6 is 0 Å². The number of nitrogens with zero attached hydrogens (tertiary/aromatic N) is 2. The molecule has 0 aliphatic carbocycles. The van der Waals surface area contributed by atoms with Gasteiger partial charge in [-0.15, -0.1) is 0 Å². The Balaban J connectivity index is 2.06. The SMILES string of the molecule is CCC(C)(C(=O)ON=C(C)c1ccccc1)N1CCCC1. The first-order valence-electron chi connectivity index (χ1n) is 7.64. The van der Waals surface area contributed by atoms with E-state index in [0.29, 0.717) is 5.71 Å². The van der Waals surface area contributed by atoms with Crippen LogP contribution < -0.4 is 0 Å². The van der Waals surface area contributed by atoms with Gasteiger partial charge in [0.15, 0.2) is 0 Å². The Morgan fingerprint density at radius 2 is 1.90 bits per heavy atom. The van der Waals surface area contributed by atoms with Gasteiger partial charge in [0, 0.05) is 0 Å². The van der Waals surface area contributed by atoms with Crippen molar-refractivity contribution in [1.82, 2.24) is 4.90 Å². The lowest BCUT2D eigenvalue weighted by molar-refractivity contribution is -0.157. The van der Waals surface area contributed by atoms with Crippen molar-refractivity contribution in [3.05, 3.63) is 35.9 Å². The van der Waals surface area contributed by atoms with E-state index < -0.39 is 5.54 Å². The van der Waals surface area contributed by atoms with Crippen LogP contribution in [0, 0.1) is 0 Å². The lowest BCUT2D eigenvalue weighted by Gasteiger charge is -2.34. The Labute approximate surface area is 126 Å². The summed E-state index contributed by atoms with van der Waals surface area (Å²) in [6.07, 6.45) is 3.02. The third-order valence-electron chi connectivity index (χ3n) is 4.39. The molecule has 21 heavy (non-hydrogen) atoms. The second-order valence-corrected chi connectivity index (χ2v) is 5.74. The first-order valence-corrected chi connectivity index (χ1v) is 7.64. The van der Waals surface area contributed by atoms with Crippen molar-refractivity contribution in [2.45, 2.75) is 45.6 Å². The molecule has 2 rings (SSSR count). The van der Waals surface area contributed by atoms with Crippen molar-refractivity contribution in [3.8, 4) is 0 Å². The van der Waals surface area contributed by atoms with Gasteiger partial charge in [0.1, 0.15) is 5.54 Å². The fourth-order valence-corrected chi connectivity index (χ4v) is 2.65. The Kier molecular flexibility index (Phi) is 5.12. The number of benzene rings is 1. The van der Waals surface area contributed by atoms with E-state index in [1.54, 1.807) is 0 Å². The molecule has 0 amide bonds. The Hall–Kier alpha value is -1.68. The number of rotatable bonds is 5. The highest BCUT2D eigenvalue weighted by atomic mass is 16.7. The monoisotopic (exact) mass is 288 g/mol. The molecule has 0 spiro atoms. The standard InChI is InChI=1S/C17H24N2O2/c1-4-17(3,19-12-8-9-13-19)16(20)21-18-14(2)15-10-6-5-7-11-15/h5-7,10-11H,4,8-9,12-13H2,1-3H3. The van der Waals surface area contributed by atoms with Gasteiger partial charge in [0.2, 0.25) is 0 Å². The molecule has 1 heterocycles. The molecule has 4 heteroatoms. The molecule has 0 radical (unpaired) electrons. The van der Waals surface area contributed by atoms with Crippen LogP contribution in [0.25, 0.3) is 0 Å². The van der Waals surface area contributed by atoms with E-state index in [9.17, 15) is 4.79 Å². The molecule has 0 bridgehead atoms. The summed E-state index contributed by atoms with van der Waals surface area (Å²) in [6.45, 7) is 7.74. The van der Waals surface area contributed by atoms with Crippen LogP contribution in [0.5, 0.6) is 0 Å². The van der Waals surface area contributed by atoms with E-state index in [4.69, 9.17) is 4.84 Å². The molecule has 1 atom stereocenters. The maximum Gasteiger partial charge on any atom is 0.354 e. The van der Waals surface area contributed by atoms with E-state index in [2.05, 4.69) is 10.1 Å². The minimum atomic E-state index is -0.572. The molecule has 114 valence electrons. The van der Waals surface area contributed by atoms with Crippen LogP contribution in [0.1, 0.15) is 45.6 Å². The number of hydrogen-bond donors (Lipinski definition) is 0. The first kappa shape index (κ1) is 15.7. The summed E-state index contributed by atoms with van der Waals surface area (Å²) in [4.78, 5) is 19.9. The summed E-state index contributed by atoms with van der Waals surface area (Å²) >= 11 is 0. The van der Waals surface area contributed by atoms with Crippen LogP contribution in [-0.4, -0.2) is 35.2 Å². The molecule has 1 aliphatic rings. The lowest BCUT2D eigenvalue weighted by Crippen LogP contribution is -2.51. The van der Waals surface area contributed by atoms with Gasteiger partial charge in [-0.1, -0.05) is 42.4 Å². The van der Waals surface area contributed by atoms with Crippen LogP contribution in [0.2, 0.25) is 0 Å². The third kappa shape index (κ3) is 3.50. The minimum absolute atomic E-state index is 0.262. The summed E-state index contributed by atoms with van der Waals surface area (Å²) in [5, 5.41) is 4.02. The number of likely N-dealkylation sites (tertiary alicyclic amines) is 1. The van der Waals surface area contributed by atoms with Crippen molar-refractivity contribution in [2.24, 2.45) is 5.16 Å². The average Bonchev–Trinajstić information content (AvgIpc) is 3.07. The first-order chi connectivity index (χ1) is 10.1. The van der Waals surface area contributed by atoms with Gasteiger partial charge in [0.25, 0.3) is 0 Å². The van der Waals surface area contributed by atoms with E-state index in [-0.39, 0.29) is 5.97 Å². The Morgan fingerprint density at radius 3 is 2.48 bits per heavy atom. The fourth-order valence-electron chi connectivity index (χ4n) is 2.65. The molecule has 1 saturated heterocycles. The second kappa shape index (κ2) is 6.85. The summed E-state index contributed by atoms with van der Waals surface area (Å²) in [5.41, 5.74) is 1.10. The lowest BCUT2D eigenvalue weighted by atomic mass is 9.97. The van der Waals surface area contributed by atoms with Gasteiger partial charge < -0.3 is 4.84 Å². The van der Waals surface area contributed by atoms with Gasteiger partial charge in [-0.3, -0.25) is 4.90 Å². The largest absolute Gasteiger partial charge is 0.354 e. The van der Waals surface area contributed by atoms with Crippen molar-refractivity contribution >= 4 is 11.7 Å². The Morgan fingerprint density at radius 1 is 1.29 bits per heavy atom. The third-order valence-corrected chi connectivity index (χ3v) is 4.39. The van der Waals surface area contributed by atoms with Gasteiger partial charge in [-0.05, 0) is 51.8 Å². The van der Waals surface area contributed by atoms with E-state index >= 15 is 0 Å². The van der Waals surface area contributed by atoms with Crippen molar-refractivity contribution in [2.75, 3.05) is 13.1 Å². The summed E-state index contributed by atoms with van der Waals surface area (Å²) in [7, 11) is 0. The predicted octanol–water partition coefficient (Wildman–Crippen LogP) is 3.22. The molecular weight excluding hydrogens is 264 g/mol. The van der Waals surface area contributed by atoms with Gasteiger partial charge in [0.05, 0.1) is 5.71 Å². The van der Waals surface area contributed by atoms with Crippen LogP contribution in [0.3, 0.4) is 0 Å². The summed E-state index contributed by atoms with van der Waals surface area (Å²) < 4.78 is 0. The molecule has 4 nitrogen and oxygen atoms in total. The highest BCUT2D eigenvalue weighted by molar-refractivity contribution is 5.98. The molecule has 1 aliphatic heterocycles. The topological polar surface area (TPSA) is 41.9 Å². The number of oxime groups is 1. The molecule has 1 aromatic carbocycles. The normalized spacial score (nSPS) is 19.3. The molecule has 0 N–H and O–H groups in total. The van der Waals surface area contributed by atoms with Crippen molar-refractivity contribution < 1.29 is 9.63 Å². The highest BCUT2D eigenvalue weighted by Gasteiger charge is 2.41. The number of hydrogen-bond acceptors (Lipinski definition) is 4. The smallest absolute Gasteiger partial charge is 0.316 e. The quantitative estimate of drug-likeness (QED) is 0.474. The molecular formula is C17H24N2O2. The van der Waals surface area contributed by atoms with Gasteiger partial charge in [-0.2, -0.15) is 0 Å². The molecule has 0 saturated carbocycles. The van der Waals surface area contributed by atoms with Gasteiger partial charge in [-0.25, -0.2) is 4.79 Å². The number of carbonyl (C=O) groups excluding carboxylic acids is 1. The second-order valence-electron chi connectivity index (χ2n) is 5.74. The molecule has 0 aromatic heterocycles. The van der Waals surface area contributed by atoms with Crippen molar-refractivity contribution in [3.63, 3.8) is 0 Å². The van der Waals surface area contributed by atoms with Gasteiger partial charge >= 0.3 is 5.97 Å². The Bertz CT molecular complexity index is 507. The fraction of sp³-hybridized carbons (Fsp3) is 0.529. The summed E-state index contributed by atoms with van der Waals surface area (Å²) in [5.74, 6) is -0.262. The summed E-state index contributed by atoms with van der Waals surface area (Å²) in [6, 6.07) is 9.73. The maximum absolute atomic E-state index is 12.4. The maximum atomic E-state index is 12.4. The molecule has 1 unspecified atom stereocenters. The predicted molar refractivity (Wildman–Crippen MR) is 84.2 cm³/mol. The van der Waals surface area contributed by atoms with Crippen LogP contribution in [0.15, 0.2) is 35.5 Å². The van der Waals surface area contributed by atoms with Crippen LogP contribution in [-0.2, 0) is 9.63 Å². The number of carbonyl (C=O) groups is 1. The highest BCUT2D eigenvalue weighted by Crippen LogP contribution is 2.26. The van der Waals surface area contributed by atoms with E-state index in [0.717, 1.165) is 37.9 Å². The zero-order chi connectivity index (χ0) is 15.3. The minimum Gasteiger partial charge on any atom is -0.316 e. The molecule has 1 aromatic rings. The zero-order valence-corrected chi connectivity index (χ0v) is 13.1. The molecule has 1 fully saturated rings. The van der Waals surface area contributed by atoms with Crippen molar-refractivity contribution in [1.29, 1.82) is 0 Å². The van der Waals surface area contributed by atoms with Crippen LogP contribution in [0.4, 0.5) is 0 Å². The van der Waals surface area contributed by atoms with E-state index in [1.165, 1.54) is 0 Å². The average molecular weight is 288 g/mol. The zero-order valence-electron chi connectivity index (χ0n) is 13.1. The van der Waals surface area contributed by atoms with E-state index in [1.807, 2.05) is 51.1 Å².